The van der Waals surface area contributed by atoms with E-state index in [9.17, 15) is 23.4 Å². The monoisotopic (exact) mass is 508 g/mol. The average Bonchev–Trinajstić information content (AvgIpc) is 3.27. The van der Waals surface area contributed by atoms with Crippen LogP contribution < -0.4 is 0 Å². The standard InChI is InChI=1S/C28H17F5N2O2/c29-22-21(23(30)25(32)26(33)24(22)31)28(17-8-12-19(37)13-9-17)20(14-15-4-2-1-3-5-15)27(34-35-28)16-6-10-18(36)11-7-16/h1-13,36-37H,14H2. The van der Waals surface area contributed by atoms with Crippen LogP contribution in [0.1, 0.15) is 22.3 Å². The van der Waals surface area contributed by atoms with E-state index >= 15 is 8.78 Å². The van der Waals surface area contributed by atoms with Gasteiger partial charge in [-0.25, -0.2) is 22.0 Å². The van der Waals surface area contributed by atoms with Crippen LogP contribution in [0.15, 0.2) is 94.7 Å². The summed E-state index contributed by atoms with van der Waals surface area (Å²) in [6.45, 7) is 0. The van der Waals surface area contributed by atoms with E-state index in [1.54, 1.807) is 30.3 Å². The highest BCUT2D eigenvalue weighted by molar-refractivity contribution is 5.75. The maximum atomic E-state index is 15.4. The minimum Gasteiger partial charge on any atom is -0.508 e. The average molecular weight is 508 g/mol. The highest BCUT2D eigenvalue weighted by atomic mass is 19.2. The maximum absolute atomic E-state index is 15.4. The summed E-state index contributed by atoms with van der Waals surface area (Å²) in [7, 11) is 0. The molecule has 1 heterocycles. The van der Waals surface area contributed by atoms with Gasteiger partial charge in [-0.2, -0.15) is 10.2 Å². The lowest BCUT2D eigenvalue weighted by Gasteiger charge is -2.31. The Morgan fingerprint density at radius 1 is 0.622 bits per heavy atom. The van der Waals surface area contributed by atoms with Crippen molar-refractivity contribution in [3.63, 3.8) is 0 Å². The van der Waals surface area contributed by atoms with Gasteiger partial charge < -0.3 is 10.2 Å². The largest absolute Gasteiger partial charge is 0.508 e. The van der Waals surface area contributed by atoms with E-state index in [1.807, 2.05) is 0 Å². The Bertz CT molecular complexity index is 1520. The lowest BCUT2D eigenvalue weighted by molar-refractivity contribution is 0.357. The minimum atomic E-state index is -2.29. The summed E-state index contributed by atoms with van der Waals surface area (Å²) in [5, 5.41) is 28.0. The van der Waals surface area contributed by atoms with Crippen LogP contribution in [-0.2, 0) is 12.0 Å². The van der Waals surface area contributed by atoms with Crippen molar-refractivity contribution in [3.8, 4) is 11.5 Å². The number of nitrogens with zero attached hydrogens (tertiary/aromatic N) is 2. The molecule has 0 bridgehead atoms. The Hall–Kier alpha value is -4.53. The van der Waals surface area contributed by atoms with Crippen LogP contribution in [0, 0.1) is 29.1 Å². The first-order valence-electron chi connectivity index (χ1n) is 11.0. The molecule has 1 atom stereocenters. The van der Waals surface area contributed by atoms with E-state index in [1.165, 1.54) is 48.5 Å². The summed E-state index contributed by atoms with van der Waals surface area (Å²) in [5.41, 5.74) is -2.08. The first kappa shape index (κ1) is 24.2. The molecule has 1 aliphatic rings. The van der Waals surface area contributed by atoms with Crippen molar-refractivity contribution < 1.29 is 32.2 Å². The zero-order valence-corrected chi connectivity index (χ0v) is 18.9. The zero-order chi connectivity index (χ0) is 26.3. The van der Waals surface area contributed by atoms with Gasteiger partial charge in [-0.15, -0.1) is 0 Å². The summed E-state index contributed by atoms with van der Waals surface area (Å²) in [6.07, 6.45) is -0.0234. The second-order valence-corrected chi connectivity index (χ2v) is 8.44. The number of hydrogen-bond acceptors (Lipinski definition) is 4. The number of phenols is 2. The molecule has 2 N–H and O–H groups in total. The second kappa shape index (κ2) is 9.16. The Balaban J connectivity index is 1.90. The van der Waals surface area contributed by atoms with Crippen LogP contribution >= 0.6 is 0 Å². The third kappa shape index (κ3) is 3.92. The van der Waals surface area contributed by atoms with Gasteiger partial charge in [0.25, 0.3) is 0 Å². The molecule has 0 radical (unpaired) electrons. The Morgan fingerprint density at radius 3 is 1.70 bits per heavy atom. The Kier molecular flexibility index (Phi) is 5.99. The van der Waals surface area contributed by atoms with Crippen molar-refractivity contribution in [2.24, 2.45) is 10.2 Å². The summed E-state index contributed by atoms with van der Waals surface area (Å²) in [5.74, 6) is -10.8. The highest BCUT2D eigenvalue weighted by Gasteiger charge is 2.50. The molecule has 4 aromatic rings. The van der Waals surface area contributed by atoms with Crippen LogP contribution in [0.4, 0.5) is 22.0 Å². The number of azo groups is 1. The van der Waals surface area contributed by atoms with Crippen LogP contribution in [0.5, 0.6) is 11.5 Å². The molecule has 37 heavy (non-hydrogen) atoms. The molecule has 4 nitrogen and oxygen atoms in total. The first-order chi connectivity index (χ1) is 17.7. The topological polar surface area (TPSA) is 65.2 Å². The molecular formula is C28H17F5N2O2. The SMILES string of the molecule is Oc1ccc(C2=C(Cc3ccccc3)C(c3ccc(O)cc3)(c3c(F)c(F)c(F)c(F)c3F)N=N2)cc1. The molecule has 0 aliphatic carbocycles. The fourth-order valence-corrected chi connectivity index (χ4v) is 4.48. The maximum Gasteiger partial charge on any atom is 0.200 e. The Morgan fingerprint density at radius 2 is 1.14 bits per heavy atom. The predicted molar refractivity (Wildman–Crippen MR) is 125 cm³/mol. The fraction of sp³-hybridized carbons (Fsp3) is 0.0714. The number of aromatic hydroxyl groups is 2. The Labute approximate surface area is 207 Å². The van der Waals surface area contributed by atoms with E-state index < -0.39 is 40.2 Å². The van der Waals surface area contributed by atoms with Crippen molar-refractivity contribution in [1.82, 2.24) is 0 Å². The highest BCUT2D eigenvalue weighted by Crippen LogP contribution is 2.52. The van der Waals surface area contributed by atoms with Gasteiger partial charge in [-0.3, -0.25) is 0 Å². The van der Waals surface area contributed by atoms with Crippen LogP contribution in [0.3, 0.4) is 0 Å². The second-order valence-electron chi connectivity index (χ2n) is 8.44. The molecule has 4 aromatic carbocycles. The molecule has 5 rings (SSSR count). The van der Waals surface area contributed by atoms with Gasteiger partial charge in [0.05, 0.1) is 11.3 Å². The predicted octanol–water partition coefficient (Wildman–Crippen LogP) is 7.16. The molecule has 0 spiro atoms. The van der Waals surface area contributed by atoms with Crippen molar-refractivity contribution in [1.29, 1.82) is 0 Å². The van der Waals surface area contributed by atoms with Crippen LogP contribution in [-0.4, -0.2) is 10.2 Å². The van der Waals surface area contributed by atoms with E-state index in [4.69, 9.17) is 0 Å². The number of phenolic OH excluding ortho intramolecular Hbond substituents is 2. The van der Waals surface area contributed by atoms with Crippen molar-refractivity contribution in [2.45, 2.75) is 12.0 Å². The van der Waals surface area contributed by atoms with Crippen molar-refractivity contribution >= 4 is 5.70 Å². The smallest absolute Gasteiger partial charge is 0.200 e. The quantitative estimate of drug-likeness (QED) is 0.171. The van der Waals surface area contributed by atoms with Gasteiger partial charge in [0.15, 0.2) is 28.8 Å². The minimum absolute atomic E-state index is 0.0234. The first-order valence-corrected chi connectivity index (χ1v) is 11.0. The molecule has 9 heteroatoms. The molecule has 1 aliphatic heterocycles. The van der Waals surface area contributed by atoms with E-state index in [-0.39, 0.29) is 34.8 Å². The number of benzene rings is 4. The van der Waals surface area contributed by atoms with E-state index in [2.05, 4.69) is 10.2 Å². The van der Waals surface area contributed by atoms with Gasteiger partial charge in [0.1, 0.15) is 11.5 Å². The molecule has 0 saturated heterocycles. The zero-order valence-electron chi connectivity index (χ0n) is 18.9. The molecule has 0 fully saturated rings. The summed E-state index contributed by atoms with van der Waals surface area (Å²) in [4.78, 5) is 0. The third-order valence-electron chi connectivity index (χ3n) is 6.24. The molecule has 0 amide bonds. The number of halogens is 5. The normalized spacial score (nSPS) is 17.0. The van der Waals surface area contributed by atoms with E-state index in [0.29, 0.717) is 11.1 Å². The molecular weight excluding hydrogens is 491 g/mol. The lowest BCUT2D eigenvalue weighted by Crippen LogP contribution is -2.31. The van der Waals surface area contributed by atoms with Crippen LogP contribution in [0.2, 0.25) is 0 Å². The van der Waals surface area contributed by atoms with Gasteiger partial charge in [0.2, 0.25) is 5.82 Å². The molecule has 0 saturated carbocycles. The summed E-state index contributed by atoms with van der Waals surface area (Å²) in [6, 6.07) is 19.5. The lowest BCUT2D eigenvalue weighted by atomic mass is 9.74. The number of rotatable bonds is 5. The van der Waals surface area contributed by atoms with Gasteiger partial charge >= 0.3 is 0 Å². The van der Waals surface area contributed by atoms with E-state index in [0.717, 1.165) is 0 Å². The van der Waals surface area contributed by atoms with Gasteiger partial charge in [0, 0.05) is 11.1 Å². The molecule has 186 valence electrons. The van der Waals surface area contributed by atoms with Gasteiger partial charge in [-0.05, 0) is 53.9 Å². The van der Waals surface area contributed by atoms with Crippen molar-refractivity contribution in [3.05, 3.63) is 136 Å². The van der Waals surface area contributed by atoms with Crippen molar-refractivity contribution in [2.75, 3.05) is 0 Å². The molecule has 0 aromatic heterocycles. The molecule has 1 unspecified atom stereocenters. The number of hydrogen-bond donors (Lipinski definition) is 2. The summed E-state index contributed by atoms with van der Waals surface area (Å²) < 4.78 is 73.9. The van der Waals surface area contributed by atoms with Crippen LogP contribution in [0.25, 0.3) is 5.70 Å². The summed E-state index contributed by atoms with van der Waals surface area (Å²) >= 11 is 0. The fourth-order valence-electron chi connectivity index (χ4n) is 4.48. The van der Waals surface area contributed by atoms with Gasteiger partial charge in [-0.1, -0.05) is 42.5 Å². The third-order valence-corrected chi connectivity index (χ3v) is 6.24.